The fourth-order valence-corrected chi connectivity index (χ4v) is 2.91. The Hall–Kier alpha value is -3.15. The highest BCUT2D eigenvalue weighted by Crippen LogP contribution is 2.17. The number of nitrogen functional groups attached to an aromatic ring is 2. The summed E-state index contributed by atoms with van der Waals surface area (Å²) < 4.78 is 5.70. The normalized spacial score (nSPS) is 12.4. The van der Waals surface area contributed by atoms with Gasteiger partial charge in [0.2, 0.25) is 0 Å². The highest BCUT2D eigenvalue weighted by Gasteiger charge is 2.16. The molecule has 1 amide bonds. The van der Waals surface area contributed by atoms with E-state index in [1.807, 2.05) is 31.2 Å². The Morgan fingerprint density at radius 1 is 1.18 bits per heavy atom. The van der Waals surface area contributed by atoms with E-state index in [0.29, 0.717) is 13.2 Å². The average Bonchev–Trinajstić information content (AvgIpc) is 2.76. The van der Waals surface area contributed by atoms with Crippen molar-refractivity contribution in [1.29, 1.82) is 0 Å². The average molecular weight is 478 g/mol. The predicted molar refractivity (Wildman–Crippen MR) is 131 cm³/mol. The molecule has 0 aliphatic heterocycles. The van der Waals surface area contributed by atoms with E-state index in [-0.39, 0.29) is 34.5 Å². The van der Waals surface area contributed by atoms with E-state index in [1.54, 1.807) is 0 Å². The number of hydrogen-bond acceptors (Lipinski definition) is 9. The van der Waals surface area contributed by atoms with Crippen molar-refractivity contribution in [3.63, 3.8) is 0 Å². The highest BCUT2D eigenvalue weighted by atomic mass is 35.5. The smallest absolute Gasteiger partial charge is 0.280 e. The summed E-state index contributed by atoms with van der Waals surface area (Å²) in [5.41, 5.74) is 23.6. The first-order valence-corrected chi connectivity index (χ1v) is 11.0. The van der Waals surface area contributed by atoms with Gasteiger partial charge in [-0.2, -0.15) is 0 Å². The van der Waals surface area contributed by atoms with Gasteiger partial charge in [-0.05, 0) is 43.9 Å². The molecule has 33 heavy (non-hydrogen) atoms. The second kappa shape index (κ2) is 13.4. The molecule has 11 nitrogen and oxygen atoms in total. The summed E-state index contributed by atoms with van der Waals surface area (Å²) in [5, 5.41) is 5.52. The second-order valence-electron chi connectivity index (χ2n) is 7.49. The SMILES string of the molecule is CC(N)CNCCOc1ccc(CCCCN=C(N)NC(=O)c2nc(Cl)c(N)nc2N)cc1. The summed E-state index contributed by atoms with van der Waals surface area (Å²) in [4.78, 5) is 23.9. The van der Waals surface area contributed by atoms with Gasteiger partial charge in [-0.1, -0.05) is 23.7 Å². The Bertz CT molecular complexity index is 936. The van der Waals surface area contributed by atoms with Crippen LogP contribution in [0.15, 0.2) is 29.3 Å². The van der Waals surface area contributed by atoms with E-state index in [1.165, 1.54) is 5.56 Å². The number of hydrogen-bond donors (Lipinski definition) is 6. The lowest BCUT2D eigenvalue weighted by Crippen LogP contribution is -2.38. The van der Waals surface area contributed by atoms with Crippen LogP contribution in [-0.2, 0) is 6.42 Å². The Labute approximate surface area is 198 Å². The van der Waals surface area contributed by atoms with Crippen LogP contribution in [0, 0.1) is 0 Å². The molecule has 10 N–H and O–H groups in total. The molecule has 1 heterocycles. The van der Waals surface area contributed by atoms with E-state index in [4.69, 9.17) is 39.3 Å². The van der Waals surface area contributed by atoms with Gasteiger partial charge in [-0.25, -0.2) is 9.97 Å². The van der Waals surface area contributed by atoms with Crippen LogP contribution in [0.3, 0.4) is 0 Å². The number of carbonyl (C=O) groups excluding carboxylic acids is 1. The van der Waals surface area contributed by atoms with Gasteiger partial charge in [0.1, 0.15) is 12.4 Å². The predicted octanol–water partition coefficient (Wildman–Crippen LogP) is 0.677. The summed E-state index contributed by atoms with van der Waals surface area (Å²) in [6, 6.07) is 8.15. The molecule has 0 bridgehead atoms. The van der Waals surface area contributed by atoms with Gasteiger partial charge in [0, 0.05) is 25.7 Å². The van der Waals surface area contributed by atoms with E-state index in [2.05, 4.69) is 25.6 Å². The Morgan fingerprint density at radius 3 is 2.61 bits per heavy atom. The number of aromatic nitrogens is 2. The second-order valence-corrected chi connectivity index (χ2v) is 7.84. The summed E-state index contributed by atoms with van der Waals surface area (Å²) in [7, 11) is 0. The number of aryl methyl sites for hydroxylation is 1. The lowest BCUT2D eigenvalue weighted by molar-refractivity contribution is 0.0972. The number of benzene rings is 1. The molecular formula is C21H32ClN9O2. The number of rotatable bonds is 12. The molecule has 1 unspecified atom stereocenters. The van der Waals surface area contributed by atoms with Crippen LogP contribution in [0.2, 0.25) is 5.15 Å². The lowest BCUT2D eigenvalue weighted by atomic mass is 10.1. The van der Waals surface area contributed by atoms with Gasteiger partial charge >= 0.3 is 0 Å². The zero-order valence-electron chi connectivity index (χ0n) is 18.7. The number of ether oxygens (including phenoxy) is 1. The van der Waals surface area contributed by atoms with Crippen molar-refractivity contribution in [2.75, 3.05) is 37.7 Å². The van der Waals surface area contributed by atoms with Crippen molar-refractivity contribution in [3.8, 4) is 5.75 Å². The first-order valence-electron chi connectivity index (χ1n) is 10.6. The third-order valence-corrected chi connectivity index (χ3v) is 4.73. The Balaban J connectivity index is 1.67. The van der Waals surface area contributed by atoms with Crippen LogP contribution in [0.25, 0.3) is 0 Å². The first kappa shape index (κ1) is 26.1. The number of guanidine groups is 1. The lowest BCUT2D eigenvalue weighted by Gasteiger charge is -2.09. The number of nitrogens with zero attached hydrogens (tertiary/aromatic N) is 3. The molecule has 12 heteroatoms. The number of amides is 1. The van der Waals surface area contributed by atoms with Crippen molar-refractivity contribution in [1.82, 2.24) is 20.6 Å². The fourth-order valence-electron chi connectivity index (χ4n) is 2.79. The van der Waals surface area contributed by atoms with Crippen LogP contribution in [0.4, 0.5) is 11.6 Å². The van der Waals surface area contributed by atoms with Crippen LogP contribution < -0.4 is 38.3 Å². The molecule has 0 fully saturated rings. The molecule has 0 saturated carbocycles. The van der Waals surface area contributed by atoms with Crippen molar-refractivity contribution in [2.24, 2.45) is 16.5 Å². The van der Waals surface area contributed by atoms with Gasteiger partial charge in [-0.3, -0.25) is 15.1 Å². The molecule has 0 radical (unpaired) electrons. The van der Waals surface area contributed by atoms with E-state index < -0.39 is 5.91 Å². The van der Waals surface area contributed by atoms with Gasteiger partial charge in [0.15, 0.2) is 28.4 Å². The summed E-state index contributed by atoms with van der Waals surface area (Å²) in [6.07, 6.45) is 2.61. The maximum absolute atomic E-state index is 12.2. The largest absolute Gasteiger partial charge is 0.492 e. The molecule has 0 aliphatic rings. The summed E-state index contributed by atoms with van der Waals surface area (Å²) >= 11 is 5.78. The fraction of sp³-hybridized carbons (Fsp3) is 0.429. The van der Waals surface area contributed by atoms with Crippen molar-refractivity contribution < 1.29 is 9.53 Å². The van der Waals surface area contributed by atoms with Crippen LogP contribution in [0.5, 0.6) is 5.75 Å². The van der Waals surface area contributed by atoms with Gasteiger partial charge in [0.25, 0.3) is 5.91 Å². The highest BCUT2D eigenvalue weighted by molar-refractivity contribution is 6.31. The minimum atomic E-state index is -0.657. The zero-order valence-corrected chi connectivity index (χ0v) is 19.4. The van der Waals surface area contributed by atoms with Crippen molar-refractivity contribution in [2.45, 2.75) is 32.2 Å². The molecule has 0 saturated heterocycles. The maximum Gasteiger partial charge on any atom is 0.280 e. The number of nitrogens with two attached hydrogens (primary N) is 4. The summed E-state index contributed by atoms with van der Waals surface area (Å²) in [5.74, 6) is -0.0558. The standard InChI is InChI=1S/C21H32ClN9O2/c1-13(23)12-27-10-11-33-15-7-5-14(6-8-15)4-2-3-9-28-21(26)31-20(32)16-18(24)30-19(25)17(22)29-16/h5-8,13,27H,2-4,9-12,23H2,1H3,(H4,24,25,30)(H3,26,28,31,32). The Kier molecular flexibility index (Phi) is 10.6. The van der Waals surface area contributed by atoms with Gasteiger partial charge in [-0.15, -0.1) is 0 Å². The van der Waals surface area contributed by atoms with Crippen molar-refractivity contribution in [3.05, 3.63) is 40.7 Å². The first-order chi connectivity index (χ1) is 15.8. The monoisotopic (exact) mass is 477 g/mol. The molecule has 1 atom stereocenters. The molecule has 2 aromatic rings. The van der Waals surface area contributed by atoms with E-state index >= 15 is 0 Å². The molecule has 1 aromatic heterocycles. The maximum atomic E-state index is 12.2. The van der Waals surface area contributed by atoms with Gasteiger partial charge < -0.3 is 33.0 Å². The number of aliphatic imine (C=N–C) groups is 1. The molecular weight excluding hydrogens is 446 g/mol. The molecule has 1 aromatic carbocycles. The topological polar surface area (TPSA) is 193 Å². The number of unbranched alkanes of at least 4 members (excludes halogenated alkanes) is 1. The quantitative estimate of drug-likeness (QED) is 0.145. The minimum Gasteiger partial charge on any atom is -0.492 e. The molecule has 0 spiro atoms. The van der Waals surface area contributed by atoms with Crippen LogP contribution >= 0.6 is 11.6 Å². The van der Waals surface area contributed by atoms with Crippen molar-refractivity contribution >= 4 is 35.1 Å². The molecule has 2 rings (SSSR count). The van der Waals surface area contributed by atoms with E-state index in [9.17, 15) is 4.79 Å². The Morgan fingerprint density at radius 2 is 1.91 bits per heavy atom. The zero-order chi connectivity index (χ0) is 24.2. The third-order valence-electron chi connectivity index (χ3n) is 4.45. The summed E-state index contributed by atoms with van der Waals surface area (Å²) in [6.45, 7) is 4.53. The number of halogens is 1. The van der Waals surface area contributed by atoms with Gasteiger partial charge in [0.05, 0.1) is 0 Å². The third kappa shape index (κ3) is 9.48. The number of carbonyl (C=O) groups is 1. The van der Waals surface area contributed by atoms with Crippen LogP contribution in [0.1, 0.15) is 35.8 Å². The number of anilines is 2. The minimum absolute atomic E-state index is 0.0361. The molecule has 180 valence electrons. The molecule has 0 aliphatic carbocycles. The number of nitrogens with one attached hydrogen (secondary N) is 2. The van der Waals surface area contributed by atoms with E-state index in [0.717, 1.165) is 38.1 Å². The van der Waals surface area contributed by atoms with Crippen LogP contribution in [-0.4, -0.2) is 54.1 Å².